The van der Waals surface area contributed by atoms with Crippen molar-refractivity contribution in [3.63, 3.8) is 0 Å². The minimum atomic E-state index is 0.659. The summed E-state index contributed by atoms with van der Waals surface area (Å²) in [6.45, 7) is 5.50. The molecule has 2 heterocycles. The van der Waals surface area contributed by atoms with Crippen molar-refractivity contribution in [3.8, 4) is 0 Å². The molecule has 0 spiro atoms. The summed E-state index contributed by atoms with van der Waals surface area (Å²) in [6, 6.07) is 7.86. The third-order valence-electron chi connectivity index (χ3n) is 4.55. The molecule has 0 atom stereocenters. The van der Waals surface area contributed by atoms with Gasteiger partial charge in [0.05, 0.1) is 6.54 Å². The first-order chi connectivity index (χ1) is 12.1. The van der Waals surface area contributed by atoms with Gasteiger partial charge < -0.3 is 14.8 Å². The largest absolute Gasteiger partial charge is 0.358 e. The van der Waals surface area contributed by atoms with Crippen molar-refractivity contribution in [3.05, 3.63) is 53.1 Å². The van der Waals surface area contributed by atoms with Crippen molar-refractivity contribution >= 4 is 28.9 Å². The fourth-order valence-corrected chi connectivity index (χ4v) is 3.46. The van der Waals surface area contributed by atoms with Gasteiger partial charge in [-0.05, 0) is 30.3 Å². The van der Waals surface area contributed by atoms with Crippen LogP contribution in [0.1, 0.15) is 17.8 Å². The highest BCUT2D eigenvalue weighted by Gasteiger charge is 2.18. The lowest BCUT2D eigenvalue weighted by molar-refractivity contribution is 0.268. The van der Waals surface area contributed by atoms with E-state index in [1.165, 1.54) is 0 Å². The van der Waals surface area contributed by atoms with Gasteiger partial charge in [-0.3, -0.25) is 4.90 Å². The molecular formula is C18H24ClN5S. The quantitative estimate of drug-likeness (QED) is 0.829. The Hall–Kier alpha value is -1.63. The van der Waals surface area contributed by atoms with Crippen molar-refractivity contribution in [2.45, 2.75) is 19.5 Å². The first-order valence-electron chi connectivity index (χ1n) is 8.58. The van der Waals surface area contributed by atoms with Crippen LogP contribution in [0.3, 0.4) is 0 Å². The van der Waals surface area contributed by atoms with Crippen molar-refractivity contribution in [2.24, 2.45) is 7.05 Å². The molecular weight excluding hydrogens is 354 g/mol. The normalized spacial score (nSPS) is 15.8. The summed E-state index contributed by atoms with van der Waals surface area (Å²) >= 11 is 11.8. The van der Waals surface area contributed by atoms with Crippen LogP contribution in [0.25, 0.3) is 0 Å². The molecule has 1 aliphatic rings. The van der Waals surface area contributed by atoms with Gasteiger partial charge in [0.25, 0.3) is 0 Å². The van der Waals surface area contributed by atoms with Crippen molar-refractivity contribution in [1.82, 2.24) is 24.7 Å². The summed E-state index contributed by atoms with van der Waals surface area (Å²) in [7, 11) is 2.04. The number of nitrogens with one attached hydrogen (secondary N) is 1. The van der Waals surface area contributed by atoms with Crippen LogP contribution in [-0.4, -0.2) is 50.6 Å². The lowest BCUT2D eigenvalue weighted by Crippen LogP contribution is -2.41. The monoisotopic (exact) mass is 377 g/mol. The van der Waals surface area contributed by atoms with Crippen LogP contribution in [0, 0.1) is 0 Å². The molecule has 134 valence electrons. The maximum absolute atomic E-state index is 6.21. The summed E-state index contributed by atoms with van der Waals surface area (Å²) in [5.41, 5.74) is 1.07. The first kappa shape index (κ1) is 18.2. The molecule has 2 aromatic rings. The number of nitrogens with zero attached hydrogens (tertiary/aromatic N) is 4. The van der Waals surface area contributed by atoms with E-state index in [4.69, 9.17) is 23.8 Å². The topological polar surface area (TPSA) is 36.3 Å². The molecule has 1 aromatic carbocycles. The molecule has 0 aliphatic carbocycles. The average molecular weight is 378 g/mol. The molecule has 1 saturated heterocycles. The highest BCUT2D eigenvalue weighted by molar-refractivity contribution is 7.80. The number of aromatic nitrogens is 2. The molecule has 1 N–H and O–H groups in total. The third kappa shape index (κ3) is 4.93. The standard InChI is InChI=1S/C18H24ClN5S/c1-22-10-7-20-17(22)14-23-8-4-9-24(12-11-23)18(25)21-13-15-5-2-3-6-16(15)19/h2-3,5-7,10H,4,8-9,11-14H2,1H3,(H,21,25). The van der Waals surface area contributed by atoms with E-state index >= 15 is 0 Å². The number of imidazole rings is 1. The molecule has 7 heteroatoms. The summed E-state index contributed by atoms with van der Waals surface area (Å²) in [4.78, 5) is 9.12. The number of thiocarbonyl (C=S) groups is 1. The molecule has 0 bridgehead atoms. The van der Waals surface area contributed by atoms with Gasteiger partial charge in [0.15, 0.2) is 5.11 Å². The van der Waals surface area contributed by atoms with Crippen molar-refractivity contribution < 1.29 is 0 Å². The molecule has 25 heavy (non-hydrogen) atoms. The molecule has 3 rings (SSSR count). The fraction of sp³-hybridized carbons (Fsp3) is 0.444. The highest BCUT2D eigenvalue weighted by Crippen LogP contribution is 2.14. The summed E-state index contributed by atoms with van der Waals surface area (Å²) in [6.07, 6.45) is 4.94. The Morgan fingerprint density at radius 1 is 1.24 bits per heavy atom. The van der Waals surface area contributed by atoms with E-state index in [2.05, 4.69) is 24.7 Å². The Balaban J connectivity index is 1.49. The van der Waals surface area contributed by atoms with E-state index in [9.17, 15) is 0 Å². The first-order valence-corrected chi connectivity index (χ1v) is 9.37. The predicted molar refractivity (Wildman–Crippen MR) is 106 cm³/mol. The third-order valence-corrected chi connectivity index (χ3v) is 5.32. The van der Waals surface area contributed by atoms with Gasteiger partial charge in [-0.1, -0.05) is 29.8 Å². The Morgan fingerprint density at radius 2 is 2.08 bits per heavy atom. The van der Waals surface area contributed by atoms with E-state index in [0.717, 1.165) is 60.7 Å². The Bertz CT molecular complexity index is 717. The summed E-state index contributed by atoms with van der Waals surface area (Å²) < 4.78 is 2.08. The Labute approximate surface area is 159 Å². The van der Waals surface area contributed by atoms with Gasteiger partial charge in [0, 0.05) is 57.2 Å². The zero-order chi connectivity index (χ0) is 17.6. The predicted octanol–water partition coefficient (Wildman–Crippen LogP) is 2.66. The lowest BCUT2D eigenvalue weighted by Gasteiger charge is -2.24. The van der Waals surface area contributed by atoms with Crippen LogP contribution in [0.15, 0.2) is 36.7 Å². The van der Waals surface area contributed by atoms with Crippen LogP contribution < -0.4 is 5.32 Å². The second kappa shape index (κ2) is 8.65. The van der Waals surface area contributed by atoms with E-state index < -0.39 is 0 Å². The minimum Gasteiger partial charge on any atom is -0.358 e. The van der Waals surface area contributed by atoms with Gasteiger partial charge in [-0.15, -0.1) is 0 Å². The molecule has 5 nitrogen and oxygen atoms in total. The molecule has 1 aliphatic heterocycles. The second-order valence-corrected chi connectivity index (χ2v) is 7.12. The van der Waals surface area contributed by atoms with Crippen LogP contribution >= 0.6 is 23.8 Å². The van der Waals surface area contributed by atoms with Crippen LogP contribution in [0.2, 0.25) is 5.02 Å². The van der Waals surface area contributed by atoms with Gasteiger partial charge in [0.1, 0.15) is 5.82 Å². The maximum Gasteiger partial charge on any atom is 0.169 e. The van der Waals surface area contributed by atoms with Gasteiger partial charge >= 0.3 is 0 Å². The van der Waals surface area contributed by atoms with E-state index in [1.54, 1.807) is 0 Å². The zero-order valence-electron chi connectivity index (χ0n) is 14.5. The van der Waals surface area contributed by atoms with Gasteiger partial charge in [-0.2, -0.15) is 0 Å². The van der Waals surface area contributed by atoms with Crippen LogP contribution in [0.5, 0.6) is 0 Å². The molecule has 1 fully saturated rings. The van der Waals surface area contributed by atoms with E-state index in [0.29, 0.717) is 6.54 Å². The maximum atomic E-state index is 6.21. The number of halogens is 1. The number of rotatable bonds is 4. The summed E-state index contributed by atoms with van der Waals surface area (Å²) in [5.74, 6) is 1.10. The summed E-state index contributed by atoms with van der Waals surface area (Å²) in [5, 5.41) is 4.92. The van der Waals surface area contributed by atoms with Crippen LogP contribution in [0.4, 0.5) is 0 Å². The van der Waals surface area contributed by atoms with E-state index in [1.807, 2.05) is 43.7 Å². The van der Waals surface area contributed by atoms with E-state index in [-0.39, 0.29) is 0 Å². The zero-order valence-corrected chi connectivity index (χ0v) is 16.1. The fourth-order valence-electron chi connectivity index (χ4n) is 3.01. The average Bonchev–Trinajstić information content (AvgIpc) is 2.87. The van der Waals surface area contributed by atoms with Gasteiger partial charge in [0.2, 0.25) is 0 Å². The Morgan fingerprint density at radius 3 is 2.84 bits per heavy atom. The number of aryl methyl sites for hydroxylation is 1. The minimum absolute atomic E-state index is 0.659. The SMILES string of the molecule is Cn1ccnc1CN1CCCN(C(=S)NCc2ccccc2Cl)CC1. The number of hydrogen-bond acceptors (Lipinski definition) is 3. The Kier molecular flexibility index (Phi) is 6.29. The molecule has 0 radical (unpaired) electrons. The molecule has 0 amide bonds. The van der Waals surface area contributed by atoms with Gasteiger partial charge in [-0.25, -0.2) is 4.98 Å². The number of hydrogen-bond donors (Lipinski definition) is 1. The molecule has 0 saturated carbocycles. The van der Waals surface area contributed by atoms with Crippen molar-refractivity contribution in [2.75, 3.05) is 26.2 Å². The lowest BCUT2D eigenvalue weighted by atomic mass is 10.2. The molecule has 1 aromatic heterocycles. The second-order valence-electron chi connectivity index (χ2n) is 6.32. The number of benzene rings is 1. The highest BCUT2D eigenvalue weighted by atomic mass is 35.5. The molecule has 0 unspecified atom stereocenters. The van der Waals surface area contributed by atoms with Crippen LogP contribution in [-0.2, 0) is 20.1 Å². The van der Waals surface area contributed by atoms with Crippen molar-refractivity contribution in [1.29, 1.82) is 0 Å². The smallest absolute Gasteiger partial charge is 0.169 e.